The van der Waals surface area contributed by atoms with Gasteiger partial charge in [-0.2, -0.15) is 0 Å². The summed E-state index contributed by atoms with van der Waals surface area (Å²) in [5.74, 6) is 11.6. The second kappa shape index (κ2) is 14.5. The summed E-state index contributed by atoms with van der Waals surface area (Å²) in [5, 5.41) is 25.9. The Morgan fingerprint density at radius 3 is 2.82 bits per heavy atom. The third-order valence-electron chi connectivity index (χ3n) is 12.7. The number of allylic oxidation sites excluding steroid dienone is 2. The van der Waals surface area contributed by atoms with Crippen molar-refractivity contribution in [3.8, 4) is 35.4 Å². The quantitative estimate of drug-likeness (QED) is 0.206. The van der Waals surface area contributed by atoms with Crippen LogP contribution < -0.4 is 20.5 Å². The summed E-state index contributed by atoms with van der Waals surface area (Å²) in [4.78, 5) is 20.2. The molecule has 2 aliphatic carbocycles. The number of hydrogen-bond acceptors (Lipinski definition) is 9. The molecule has 7 aliphatic rings. The fourth-order valence-electron chi connectivity index (χ4n) is 9.43. The topological polar surface area (TPSA) is 130 Å². The molecule has 0 unspecified atom stereocenters. The molecule has 1 spiro atoms. The number of rotatable bonds is 6. The zero-order valence-corrected chi connectivity index (χ0v) is 31.3. The monoisotopic (exact) mass is 736 g/mol. The fraction of sp³-hybridized carbons (Fsp3) is 0.435. The van der Waals surface area contributed by atoms with Gasteiger partial charge in [0.2, 0.25) is 0 Å². The molecule has 9 nitrogen and oxygen atoms in total. The summed E-state index contributed by atoms with van der Waals surface area (Å²) in [5.41, 5.74) is 13.7. The molecule has 2 aromatic rings. The third kappa shape index (κ3) is 6.80. The first-order chi connectivity index (χ1) is 26.7. The molecule has 7 atom stereocenters. The van der Waals surface area contributed by atoms with Gasteiger partial charge in [-0.15, -0.1) is 0 Å². The van der Waals surface area contributed by atoms with Crippen molar-refractivity contribution in [3.63, 3.8) is 0 Å². The van der Waals surface area contributed by atoms with Crippen LogP contribution in [-0.2, 0) is 17.6 Å². The highest BCUT2D eigenvalue weighted by Gasteiger charge is 2.48. The van der Waals surface area contributed by atoms with E-state index in [0.717, 1.165) is 83.2 Å². The van der Waals surface area contributed by atoms with Crippen LogP contribution in [0.1, 0.15) is 98.4 Å². The largest absolute Gasteiger partial charge is 0.465 e. The summed E-state index contributed by atoms with van der Waals surface area (Å²) in [7, 11) is 0. The Labute approximate surface area is 323 Å². The average molecular weight is 737 g/mol. The van der Waals surface area contributed by atoms with E-state index in [2.05, 4.69) is 59.4 Å². The SMILES string of the molecule is C[C@H]1C=C[C@H]([C@@H](O)CC(=O)CCc2ccc3c(c2)O[C@H]2[C@H](C#C[C@H](O)c4ccc5c(c4CC4=CN=C6CN2C=C46)C=CN[C@@H]5N)C2(C#CO3)CCCC2)CC1. The number of benzene rings is 2. The van der Waals surface area contributed by atoms with Crippen LogP contribution in [0.3, 0.4) is 0 Å². The van der Waals surface area contributed by atoms with E-state index in [1.807, 2.05) is 48.8 Å². The van der Waals surface area contributed by atoms with Crippen molar-refractivity contribution < 1.29 is 24.5 Å². The lowest BCUT2D eigenvalue weighted by Crippen LogP contribution is -2.47. The van der Waals surface area contributed by atoms with Gasteiger partial charge in [0.05, 0.1) is 29.7 Å². The van der Waals surface area contributed by atoms with Gasteiger partial charge < -0.3 is 35.6 Å². The second-order valence-electron chi connectivity index (χ2n) is 16.3. The average Bonchev–Trinajstić information content (AvgIpc) is 3.93. The zero-order valence-electron chi connectivity index (χ0n) is 31.3. The summed E-state index contributed by atoms with van der Waals surface area (Å²) in [6.07, 6.45) is 19.8. The van der Waals surface area contributed by atoms with Gasteiger partial charge in [-0.25, -0.2) is 0 Å². The highest BCUT2D eigenvalue weighted by Crippen LogP contribution is 2.49. The predicted octanol–water partition coefficient (Wildman–Crippen LogP) is 6.14. The first-order valence-corrected chi connectivity index (χ1v) is 19.9. The zero-order chi connectivity index (χ0) is 37.7. The number of hydrogen-bond donors (Lipinski definition) is 4. The van der Waals surface area contributed by atoms with E-state index in [0.29, 0.717) is 43.2 Å². The molecular weight excluding hydrogens is 689 g/mol. The van der Waals surface area contributed by atoms with Crippen molar-refractivity contribution >= 4 is 17.6 Å². The molecule has 0 aromatic heterocycles. The number of aliphatic hydroxyl groups excluding tert-OH is 2. The minimum absolute atomic E-state index is 0.0322. The Kier molecular flexibility index (Phi) is 9.42. The Balaban J connectivity index is 1.06. The molecule has 0 radical (unpaired) electrons. The first-order valence-electron chi connectivity index (χ1n) is 19.9. The Morgan fingerprint density at radius 1 is 1.13 bits per heavy atom. The number of ether oxygens (including phenoxy) is 2. The first kappa shape index (κ1) is 35.6. The van der Waals surface area contributed by atoms with Crippen LogP contribution >= 0.6 is 0 Å². The summed E-state index contributed by atoms with van der Waals surface area (Å²) in [6.45, 7) is 2.72. The molecule has 1 saturated carbocycles. The number of carbonyl (C=O) groups excluding carboxylic acids is 1. The molecule has 0 saturated heterocycles. The molecule has 5 heterocycles. The normalized spacial score (nSPS) is 28.4. The summed E-state index contributed by atoms with van der Waals surface area (Å²) < 4.78 is 13.2. The molecule has 2 aromatic carbocycles. The molecular formula is C46H48N4O5. The van der Waals surface area contributed by atoms with E-state index in [-0.39, 0.29) is 24.3 Å². The number of aryl methyl sites for hydroxylation is 1. The number of fused-ring (bicyclic) bond motifs is 8. The van der Waals surface area contributed by atoms with Gasteiger partial charge in [0, 0.05) is 43.2 Å². The number of aliphatic hydroxyl groups is 2. The molecule has 9 heteroatoms. The van der Waals surface area contributed by atoms with E-state index in [9.17, 15) is 15.0 Å². The minimum atomic E-state index is -1.05. The number of Topliss-reactive ketones (excluding diaryl/α,β-unsaturated/α-hetero) is 1. The van der Waals surface area contributed by atoms with Gasteiger partial charge >= 0.3 is 0 Å². The van der Waals surface area contributed by atoms with Gasteiger partial charge in [-0.1, -0.05) is 67.9 Å². The van der Waals surface area contributed by atoms with Gasteiger partial charge in [0.1, 0.15) is 24.2 Å². The summed E-state index contributed by atoms with van der Waals surface area (Å²) >= 11 is 0. The molecule has 9 rings (SSSR count). The van der Waals surface area contributed by atoms with Crippen molar-refractivity contribution in [2.75, 3.05) is 6.54 Å². The lowest BCUT2D eigenvalue weighted by atomic mass is 9.73. The predicted molar refractivity (Wildman–Crippen MR) is 211 cm³/mol. The Bertz CT molecular complexity index is 2190. The van der Waals surface area contributed by atoms with Crippen LogP contribution in [0.5, 0.6) is 11.5 Å². The van der Waals surface area contributed by atoms with Gasteiger partial charge in [-0.3, -0.25) is 9.79 Å². The maximum Gasteiger partial charge on any atom is 0.187 e. The molecule has 5 N–H and O–H groups in total. The number of nitrogens with one attached hydrogen (secondary N) is 1. The van der Waals surface area contributed by atoms with Crippen molar-refractivity contribution in [2.24, 2.45) is 33.9 Å². The number of nitrogens with two attached hydrogens (primary N) is 1. The van der Waals surface area contributed by atoms with Crippen molar-refractivity contribution in [1.29, 1.82) is 0 Å². The van der Waals surface area contributed by atoms with Crippen LogP contribution in [0.2, 0.25) is 0 Å². The number of aliphatic imine (C=N–C) groups is 1. The number of nitrogens with zero attached hydrogens (tertiary/aromatic N) is 2. The van der Waals surface area contributed by atoms with Crippen LogP contribution in [0.25, 0.3) is 6.08 Å². The van der Waals surface area contributed by atoms with Crippen LogP contribution in [0, 0.1) is 47.0 Å². The van der Waals surface area contributed by atoms with Crippen LogP contribution in [0.15, 0.2) is 77.2 Å². The van der Waals surface area contributed by atoms with Crippen molar-refractivity contribution in [1.82, 2.24) is 10.2 Å². The number of ketones is 1. The summed E-state index contributed by atoms with van der Waals surface area (Å²) in [6, 6.07) is 9.72. The molecule has 5 aliphatic heterocycles. The fourth-order valence-corrected chi connectivity index (χ4v) is 9.43. The standard InChI is InChI=1S/C46H48N4O5/c1-28-4-8-30(9-5-28)41(53)24-32(51)10-6-29-7-15-42-43(22-29)55-45-38(46(19-21-54-42)17-2-3-18-46)13-14-40(52)34-11-12-35-33(16-20-48-44(35)47)36(34)23-31-25-49-39-27-50(45)26-37(31)39/h4,7-8,11-12,15-16,20,22,25-26,28,30,38,40-41,44-45,48,52-53H,2-3,5-6,9-10,17-18,23-24,27,47H2,1H3/t28-,30-,38-,40-,41-,44-,45-/m0/s1. The molecule has 282 valence electrons. The highest BCUT2D eigenvalue weighted by molar-refractivity contribution is 6.09. The van der Waals surface area contributed by atoms with Crippen molar-refractivity contribution in [2.45, 2.75) is 95.7 Å². The van der Waals surface area contributed by atoms with E-state index >= 15 is 0 Å². The molecule has 1 fully saturated rings. The van der Waals surface area contributed by atoms with E-state index in [1.54, 1.807) is 0 Å². The van der Waals surface area contributed by atoms with E-state index in [4.69, 9.17) is 20.2 Å². The van der Waals surface area contributed by atoms with Gasteiger partial charge in [-0.05, 0) is 95.8 Å². The smallest absolute Gasteiger partial charge is 0.187 e. The highest BCUT2D eigenvalue weighted by atomic mass is 16.5. The lowest BCUT2D eigenvalue weighted by molar-refractivity contribution is -0.121. The van der Waals surface area contributed by atoms with E-state index in [1.165, 1.54) is 0 Å². The van der Waals surface area contributed by atoms with Crippen LogP contribution in [-0.4, -0.2) is 45.5 Å². The maximum absolute atomic E-state index is 13.1. The molecule has 2 bridgehead atoms. The minimum Gasteiger partial charge on any atom is -0.465 e. The Hall–Kier alpha value is -5.06. The van der Waals surface area contributed by atoms with Crippen molar-refractivity contribution in [3.05, 3.63) is 100 Å². The molecule has 0 amide bonds. The van der Waals surface area contributed by atoms with Gasteiger partial charge in [0.15, 0.2) is 17.7 Å². The van der Waals surface area contributed by atoms with Gasteiger partial charge in [0.25, 0.3) is 0 Å². The molecule has 55 heavy (non-hydrogen) atoms. The maximum atomic E-state index is 13.1. The number of carbonyl (C=O) groups is 1. The lowest BCUT2D eigenvalue weighted by Gasteiger charge is -2.39. The Morgan fingerprint density at radius 2 is 1.98 bits per heavy atom. The second-order valence-corrected chi connectivity index (χ2v) is 16.3. The van der Waals surface area contributed by atoms with E-state index < -0.39 is 29.8 Å². The third-order valence-corrected chi connectivity index (χ3v) is 12.7. The van der Waals surface area contributed by atoms with Crippen LogP contribution in [0.4, 0.5) is 0 Å².